The largest absolute Gasteiger partial charge is 0.349 e. The third-order valence-corrected chi connectivity index (χ3v) is 5.17. The zero-order valence-corrected chi connectivity index (χ0v) is 16.0. The highest BCUT2D eigenvalue weighted by Gasteiger charge is 2.16. The summed E-state index contributed by atoms with van der Waals surface area (Å²) in [7, 11) is 0. The van der Waals surface area contributed by atoms with Crippen LogP contribution in [0.25, 0.3) is 0 Å². The minimum Gasteiger partial charge on any atom is -0.349 e. The van der Waals surface area contributed by atoms with E-state index < -0.39 is 0 Å². The predicted octanol–water partition coefficient (Wildman–Crippen LogP) is 3.70. The normalized spacial score (nSPS) is 12.1. The molecule has 3 aromatic rings. The van der Waals surface area contributed by atoms with E-state index in [0.29, 0.717) is 12.8 Å². The third-order valence-electron chi connectivity index (χ3n) is 4.44. The van der Waals surface area contributed by atoms with Gasteiger partial charge in [0.15, 0.2) is 0 Å². The Hall–Kier alpha value is -2.47. The number of nitrogens with zero attached hydrogens (tertiary/aromatic N) is 3. The molecule has 0 aliphatic heterocycles. The van der Waals surface area contributed by atoms with Gasteiger partial charge < -0.3 is 5.32 Å². The highest BCUT2D eigenvalue weighted by atomic mass is 32.1. The van der Waals surface area contributed by atoms with Crippen molar-refractivity contribution in [3.63, 3.8) is 0 Å². The Balaban J connectivity index is 1.64. The molecular weight excluding hydrogens is 344 g/mol. The summed E-state index contributed by atoms with van der Waals surface area (Å²) >= 11 is 1.67. The second-order valence-electron chi connectivity index (χ2n) is 6.34. The monoisotopic (exact) mass is 368 g/mol. The molecule has 0 unspecified atom stereocenters. The molecule has 0 radical (unpaired) electrons. The average Bonchev–Trinajstić information content (AvgIpc) is 3.29. The maximum absolute atomic E-state index is 12.6. The van der Waals surface area contributed by atoms with E-state index in [1.54, 1.807) is 17.5 Å². The summed E-state index contributed by atoms with van der Waals surface area (Å²) in [6.45, 7) is 4.90. The Bertz CT molecular complexity index is 827. The first-order valence-corrected chi connectivity index (χ1v) is 9.83. The molecule has 0 fully saturated rings. The van der Waals surface area contributed by atoms with Gasteiger partial charge in [-0.3, -0.25) is 14.5 Å². The molecule has 0 saturated heterocycles. The van der Waals surface area contributed by atoms with E-state index in [2.05, 4.69) is 39.1 Å². The van der Waals surface area contributed by atoms with E-state index >= 15 is 0 Å². The molecule has 0 aliphatic rings. The van der Waals surface area contributed by atoms with Gasteiger partial charge in [-0.05, 0) is 66.3 Å². The molecular formula is C20H24N4OS. The Morgan fingerprint density at radius 1 is 1.38 bits per heavy atom. The van der Waals surface area contributed by atoms with Gasteiger partial charge in [0.25, 0.3) is 0 Å². The maximum Gasteiger partial charge on any atom is 0.220 e. The van der Waals surface area contributed by atoms with Crippen LogP contribution in [0.4, 0.5) is 0 Å². The van der Waals surface area contributed by atoms with Crippen molar-refractivity contribution < 1.29 is 4.79 Å². The number of rotatable bonds is 8. The van der Waals surface area contributed by atoms with Gasteiger partial charge in [0.2, 0.25) is 5.91 Å². The molecule has 136 valence electrons. The first-order chi connectivity index (χ1) is 12.7. The van der Waals surface area contributed by atoms with E-state index in [4.69, 9.17) is 0 Å². The topological polar surface area (TPSA) is 59.8 Å². The van der Waals surface area contributed by atoms with Crippen molar-refractivity contribution in [3.05, 3.63) is 69.9 Å². The highest BCUT2D eigenvalue weighted by molar-refractivity contribution is 7.07. The standard InChI is InChI=1S/C20H24N4OS/c1-3-24-13-18(15(2)23-24)6-7-20(25)22-19(11-16-8-10-26-14-16)17-5-4-9-21-12-17/h4-5,8-10,12-14,19H,3,6-7,11H2,1-2H3,(H,22,25)/t19-/m0/s1. The van der Waals surface area contributed by atoms with Gasteiger partial charge in [-0.1, -0.05) is 6.07 Å². The predicted molar refractivity (Wildman–Crippen MR) is 104 cm³/mol. The molecule has 0 bridgehead atoms. The molecule has 0 aromatic carbocycles. The van der Waals surface area contributed by atoms with Crippen LogP contribution in [0.2, 0.25) is 0 Å². The summed E-state index contributed by atoms with van der Waals surface area (Å²) < 4.78 is 1.91. The fourth-order valence-corrected chi connectivity index (χ4v) is 3.64. The van der Waals surface area contributed by atoms with Gasteiger partial charge in [-0.15, -0.1) is 0 Å². The average molecular weight is 369 g/mol. The van der Waals surface area contributed by atoms with Gasteiger partial charge >= 0.3 is 0 Å². The molecule has 0 spiro atoms. The van der Waals surface area contributed by atoms with Crippen LogP contribution in [-0.2, 0) is 24.2 Å². The van der Waals surface area contributed by atoms with E-state index in [9.17, 15) is 4.79 Å². The van der Waals surface area contributed by atoms with Crippen molar-refractivity contribution in [1.82, 2.24) is 20.1 Å². The number of carbonyl (C=O) groups is 1. The van der Waals surface area contributed by atoms with Crippen LogP contribution in [0.15, 0.2) is 47.5 Å². The van der Waals surface area contributed by atoms with E-state index in [1.807, 2.05) is 36.1 Å². The van der Waals surface area contributed by atoms with Crippen LogP contribution in [0, 0.1) is 6.92 Å². The van der Waals surface area contributed by atoms with Gasteiger partial charge in [0.1, 0.15) is 0 Å². The first kappa shape index (κ1) is 18.3. The summed E-state index contributed by atoms with van der Waals surface area (Å²) in [5, 5.41) is 11.8. The van der Waals surface area contributed by atoms with E-state index in [0.717, 1.165) is 29.8 Å². The van der Waals surface area contributed by atoms with Crippen molar-refractivity contribution in [3.8, 4) is 0 Å². The molecule has 3 heterocycles. The summed E-state index contributed by atoms with van der Waals surface area (Å²) in [6.07, 6.45) is 7.54. The molecule has 5 nitrogen and oxygen atoms in total. The van der Waals surface area contributed by atoms with Crippen molar-refractivity contribution in [2.75, 3.05) is 0 Å². The van der Waals surface area contributed by atoms with Crippen molar-refractivity contribution in [2.24, 2.45) is 0 Å². The molecule has 0 saturated carbocycles. The van der Waals surface area contributed by atoms with Crippen LogP contribution in [0.5, 0.6) is 0 Å². The molecule has 26 heavy (non-hydrogen) atoms. The third kappa shape index (κ3) is 4.79. The van der Waals surface area contributed by atoms with Gasteiger partial charge in [0.05, 0.1) is 11.7 Å². The van der Waals surface area contributed by atoms with Crippen LogP contribution in [-0.4, -0.2) is 20.7 Å². The molecule has 6 heteroatoms. The summed E-state index contributed by atoms with van der Waals surface area (Å²) in [6, 6.07) is 5.96. The Morgan fingerprint density at radius 2 is 2.27 bits per heavy atom. The van der Waals surface area contributed by atoms with Crippen LogP contribution in [0.3, 0.4) is 0 Å². The van der Waals surface area contributed by atoms with Gasteiger partial charge in [0, 0.05) is 31.6 Å². The first-order valence-electron chi connectivity index (χ1n) is 8.89. The lowest BCUT2D eigenvalue weighted by Gasteiger charge is -2.18. The molecule has 3 rings (SSSR count). The number of hydrogen-bond acceptors (Lipinski definition) is 4. The number of pyridine rings is 1. The summed E-state index contributed by atoms with van der Waals surface area (Å²) in [5.74, 6) is 0.0535. The lowest BCUT2D eigenvalue weighted by Crippen LogP contribution is -2.30. The fraction of sp³-hybridized carbons (Fsp3) is 0.350. The Morgan fingerprint density at radius 3 is 2.92 bits per heavy atom. The molecule has 1 amide bonds. The van der Waals surface area contributed by atoms with Gasteiger partial charge in [-0.25, -0.2) is 0 Å². The van der Waals surface area contributed by atoms with Crippen molar-refractivity contribution >= 4 is 17.2 Å². The zero-order valence-electron chi connectivity index (χ0n) is 15.2. The molecule has 3 aromatic heterocycles. The highest BCUT2D eigenvalue weighted by Crippen LogP contribution is 2.20. The van der Waals surface area contributed by atoms with Gasteiger partial charge in [-0.2, -0.15) is 16.4 Å². The smallest absolute Gasteiger partial charge is 0.220 e. The number of hydrogen-bond donors (Lipinski definition) is 1. The summed E-state index contributed by atoms with van der Waals surface area (Å²) in [5.41, 5.74) is 4.39. The molecule has 1 atom stereocenters. The number of amides is 1. The minimum atomic E-state index is -0.0646. The Kier molecular flexibility index (Phi) is 6.17. The van der Waals surface area contributed by atoms with Crippen LogP contribution >= 0.6 is 11.3 Å². The quantitative estimate of drug-likeness (QED) is 0.659. The van der Waals surface area contributed by atoms with E-state index in [-0.39, 0.29) is 11.9 Å². The van der Waals surface area contributed by atoms with Crippen LogP contribution < -0.4 is 5.32 Å². The zero-order chi connectivity index (χ0) is 18.4. The second kappa shape index (κ2) is 8.76. The lowest BCUT2D eigenvalue weighted by atomic mass is 10.0. The van der Waals surface area contributed by atoms with Crippen molar-refractivity contribution in [1.29, 1.82) is 0 Å². The number of aryl methyl sites for hydroxylation is 3. The number of nitrogens with one attached hydrogen (secondary N) is 1. The number of aromatic nitrogens is 3. The maximum atomic E-state index is 12.6. The van der Waals surface area contributed by atoms with Crippen LogP contribution in [0.1, 0.15) is 41.8 Å². The molecule has 0 aliphatic carbocycles. The number of carbonyl (C=O) groups excluding carboxylic acids is 1. The SMILES string of the molecule is CCn1cc(CCC(=O)N[C@@H](Cc2ccsc2)c2cccnc2)c(C)n1. The van der Waals surface area contributed by atoms with Crippen molar-refractivity contribution in [2.45, 2.75) is 45.7 Å². The lowest BCUT2D eigenvalue weighted by molar-refractivity contribution is -0.121. The fourth-order valence-electron chi connectivity index (χ4n) is 2.96. The second-order valence-corrected chi connectivity index (χ2v) is 7.12. The Labute approximate surface area is 158 Å². The summed E-state index contributed by atoms with van der Waals surface area (Å²) in [4.78, 5) is 16.8. The van der Waals surface area contributed by atoms with E-state index in [1.165, 1.54) is 5.56 Å². The number of thiophene rings is 1. The molecule has 1 N–H and O–H groups in total. The minimum absolute atomic E-state index is 0.0535.